The second-order valence-electron chi connectivity index (χ2n) is 3.62. The van der Waals surface area contributed by atoms with Crippen LogP contribution in [0.1, 0.15) is 10.4 Å². The molecule has 3 rings (SSSR count). The van der Waals surface area contributed by atoms with Crippen LogP contribution in [0.25, 0.3) is 0 Å². The fraction of sp³-hybridized carbons (Fsp3) is 0. The van der Waals surface area contributed by atoms with Crippen LogP contribution in [0.5, 0.6) is 5.75 Å². The van der Waals surface area contributed by atoms with Crippen LogP contribution in [0.3, 0.4) is 0 Å². The Morgan fingerprint density at radius 1 is 0.933 bits per heavy atom. The van der Waals surface area contributed by atoms with Gasteiger partial charge in [-0.05, 0) is 33.0 Å². The lowest BCUT2D eigenvalue weighted by molar-refractivity contribution is 0.112. The Balaban J connectivity index is 2.56. The largest absolute Gasteiger partial charge is 0.507 e. The number of phenols is 1. The molecule has 0 fully saturated rings. The van der Waals surface area contributed by atoms with E-state index in [-0.39, 0.29) is 5.75 Å². The molecule has 2 nitrogen and oxygen atoms in total. The van der Waals surface area contributed by atoms with Gasteiger partial charge < -0.3 is 5.11 Å². The molecule has 0 atom stereocenters. The Kier molecular flexibility index (Phi) is 1.48. The summed E-state index contributed by atoms with van der Waals surface area (Å²) < 4.78 is 0. The van der Waals surface area contributed by atoms with E-state index in [0.717, 1.165) is 20.9 Å². The van der Waals surface area contributed by atoms with Crippen molar-refractivity contribution in [2.45, 2.75) is 0 Å². The summed E-state index contributed by atoms with van der Waals surface area (Å²) in [6.07, 6.45) is 0.677. The van der Waals surface area contributed by atoms with Gasteiger partial charge >= 0.3 is 0 Å². The molecule has 0 aromatic heterocycles. The van der Waals surface area contributed by atoms with Crippen molar-refractivity contribution in [3.05, 3.63) is 62.8 Å². The molecule has 0 heterocycles. The lowest BCUT2D eigenvalue weighted by Gasteiger charge is -2.06. The van der Waals surface area contributed by atoms with Crippen LogP contribution in [0, 0.1) is 20.9 Å². The average Bonchev–Trinajstić information content (AvgIpc) is 2.27. The molecule has 0 radical (unpaired) electrons. The Hall–Kier alpha value is -2.09. The smallest absolute Gasteiger partial charge is 0.153 e. The van der Waals surface area contributed by atoms with Gasteiger partial charge in [0, 0.05) is 0 Å². The summed E-state index contributed by atoms with van der Waals surface area (Å²) in [6.45, 7) is 0. The van der Waals surface area contributed by atoms with E-state index in [1.54, 1.807) is 12.1 Å². The van der Waals surface area contributed by atoms with Crippen LogP contribution in [-0.4, -0.2) is 11.4 Å². The summed E-state index contributed by atoms with van der Waals surface area (Å²) in [5.74, 6) is 0.0539. The number of hydrogen-bond acceptors (Lipinski definition) is 2. The van der Waals surface area contributed by atoms with Crippen molar-refractivity contribution in [3.63, 3.8) is 0 Å². The molecule has 1 N–H and O–H groups in total. The topological polar surface area (TPSA) is 37.3 Å². The number of hydrogen-bond donors (Lipinski definition) is 1. The van der Waals surface area contributed by atoms with E-state index in [2.05, 4.69) is 0 Å². The maximum Gasteiger partial charge on any atom is 0.153 e. The van der Waals surface area contributed by atoms with Crippen molar-refractivity contribution in [2.75, 3.05) is 0 Å². The van der Waals surface area contributed by atoms with Gasteiger partial charge in [0.05, 0.1) is 5.56 Å². The first-order chi connectivity index (χ1) is 7.31. The van der Waals surface area contributed by atoms with Crippen LogP contribution in [-0.2, 0) is 0 Å². The number of carbonyl (C=O) groups excluding carboxylic acids is 1. The predicted octanol–water partition coefficient (Wildman–Crippen LogP) is 2.09. The minimum Gasteiger partial charge on any atom is -0.507 e. The van der Waals surface area contributed by atoms with Crippen LogP contribution < -0.4 is 0 Å². The summed E-state index contributed by atoms with van der Waals surface area (Å²) in [6, 6.07) is 11.4. The third-order valence-corrected chi connectivity index (χ3v) is 2.80. The van der Waals surface area contributed by atoms with Crippen molar-refractivity contribution < 1.29 is 9.90 Å². The van der Waals surface area contributed by atoms with E-state index in [0.29, 0.717) is 11.8 Å². The molecular weight excluding hydrogens is 188 g/mol. The van der Waals surface area contributed by atoms with E-state index >= 15 is 0 Å². The van der Waals surface area contributed by atoms with E-state index in [4.69, 9.17) is 0 Å². The number of fused-ring (bicyclic) bond motifs is 2. The molecule has 1 aliphatic carbocycles. The number of aromatic hydroxyl groups is 1. The highest BCUT2D eigenvalue weighted by molar-refractivity contribution is 5.79. The highest BCUT2D eigenvalue weighted by Gasteiger charge is 2.06. The van der Waals surface area contributed by atoms with Gasteiger partial charge in [0.25, 0.3) is 0 Å². The summed E-state index contributed by atoms with van der Waals surface area (Å²) in [4.78, 5) is 10.7. The summed E-state index contributed by atoms with van der Waals surface area (Å²) >= 11 is 0. The fourth-order valence-corrected chi connectivity index (χ4v) is 2.04. The van der Waals surface area contributed by atoms with Crippen molar-refractivity contribution in [3.8, 4) is 5.75 Å². The van der Waals surface area contributed by atoms with Crippen LogP contribution >= 0.6 is 0 Å². The number of rotatable bonds is 1. The first kappa shape index (κ1) is 8.24. The molecule has 2 heteroatoms. The van der Waals surface area contributed by atoms with E-state index in [9.17, 15) is 9.90 Å². The molecule has 72 valence electrons. The van der Waals surface area contributed by atoms with Crippen molar-refractivity contribution >= 4 is 6.29 Å². The maximum absolute atomic E-state index is 10.7. The SMILES string of the molecule is O=Cc1cc2c(cc1O)=c1ccccc1=2. The van der Waals surface area contributed by atoms with Gasteiger partial charge in [-0.2, -0.15) is 0 Å². The van der Waals surface area contributed by atoms with Gasteiger partial charge in [-0.3, -0.25) is 4.79 Å². The van der Waals surface area contributed by atoms with Crippen LogP contribution in [0.4, 0.5) is 0 Å². The Morgan fingerprint density at radius 2 is 1.53 bits per heavy atom. The standard InChI is InChI=1S/C13H8O2/c14-7-8-5-11-9-3-1-2-4-10(9)12(11)6-13(8)15/h1-7,15H. The first-order valence-corrected chi connectivity index (χ1v) is 4.73. The second kappa shape index (κ2) is 2.70. The minimum absolute atomic E-state index is 0.0539. The first-order valence-electron chi connectivity index (χ1n) is 4.73. The lowest BCUT2D eigenvalue weighted by atomic mass is 9.99. The quantitative estimate of drug-likeness (QED) is 0.605. The molecular formula is C13H8O2. The van der Waals surface area contributed by atoms with E-state index in [1.807, 2.05) is 24.3 Å². The summed E-state index contributed by atoms with van der Waals surface area (Å²) in [5, 5.41) is 13.9. The van der Waals surface area contributed by atoms with Crippen LogP contribution in [0.15, 0.2) is 36.4 Å². The average molecular weight is 196 g/mol. The highest BCUT2D eigenvalue weighted by Crippen LogP contribution is 2.21. The number of phenolic OH excluding ortho intramolecular Hbond substituents is 1. The molecule has 2 aromatic carbocycles. The summed E-state index contributed by atoms with van der Waals surface area (Å²) in [7, 11) is 0. The zero-order valence-electron chi connectivity index (χ0n) is 7.90. The van der Waals surface area contributed by atoms with Gasteiger partial charge in [-0.1, -0.05) is 24.3 Å². The molecule has 0 saturated carbocycles. The fourth-order valence-electron chi connectivity index (χ4n) is 2.04. The Bertz CT molecular complexity index is 745. The van der Waals surface area contributed by atoms with Gasteiger partial charge in [0.2, 0.25) is 0 Å². The van der Waals surface area contributed by atoms with E-state index < -0.39 is 0 Å². The highest BCUT2D eigenvalue weighted by atomic mass is 16.3. The Morgan fingerprint density at radius 3 is 2.13 bits per heavy atom. The molecule has 15 heavy (non-hydrogen) atoms. The van der Waals surface area contributed by atoms with Gasteiger partial charge in [0.1, 0.15) is 5.75 Å². The predicted molar refractivity (Wildman–Crippen MR) is 55.3 cm³/mol. The second-order valence-corrected chi connectivity index (χ2v) is 3.62. The van der Waals surface area contributed by atoms with Gasteiger partial charge in [-0.25, -0.2) is 0 Å². The number of benzene rings is 2. The summed E-state index contributed by atoms with van der Waals surface area (Å²) in [5.41, 5.74) is 0.350. The third-order valence-electron chi connectivity index (χ3n) is 2.80. The van der Waals surface area contributed by atoms with Crippen molar-refractivity contribution in [1.29, 1.82) is 0 Å². The molecule has 0 amide bonds. The molecule has 2 aromatic rings. The maximum atomic E-state index is 10.7. The van der Waals surface area contributed by atoms with Crippen molar-refractivity contribution in [2.24, 2.45) is 0 Å². The van der Waals surface area contributed by atoms with Crippen molar-refractivity contribution in [1.82, 2.24) is 0 Å². The zero-order chi connectivity index (χ0) is 10.4. The molecule has 0 unspecified atom stereocenters. The molecule has 1 aliphatic rings. The van der Waals surface area contributed by atoms with Crippen LogP contribution in [0.2, 0.25) is 0 Å². The molecule has 0 bridgehead atoms. The lowest BCUT2D eigenvalue weighted by Crippen LogP contribution is -1.93. The minimum atomic E-state index is 0.0539. The molecule has 0 aliphatic heterocycles. The normalized spacial score (nSPS) is 11.2. The van der Waals surface area contributed by atoms with E-state index in [1.165, 1.54) is 0 Å². The molecule has 0 spiro atoms. The number of carbonyl (C=O) groups is 1. The van der Waals surface area contributed by atoms with Gasteiger partial charge in [-0.15, -0.1) is 0 Å². The zero-order valence-corrected chi connectivity index (χ0v) is 7.90. The Labute approximate surface area is 85.4 Å². The molecule has 0 saturated heterocycles. The third kappa shape index (κ3) is 0.960. The monoisotopic (exact) mass is 196 g/mol. The van der Waals surface area contributed by atoms with Gasteiger partial charge in [0.15, 0.2) is 6.29 Å². The number of aldehydes is 1.